The Hall–Kier alpha value is -2.24. The summed E-state index contributed by atoms with van der Waals surface area (Å²) < 4.78 is 5.02. The van der Waals surface area contributed by atoms with Gasteiger partial charge in [-0.2, -0.15) is 5.21 Å². The van der Waals surface area contributed by atoms with E-state index in [4.69, 9.17) is 4.74 Å². The smallest absolute Gasteiger partial charge is 0.321 e. The molecular formula is C11H12N4O2. The number of esters is 1. The molecule has 1 N–H and O–H groups in total. The highest BCUT2D eigenvalue weighted by Crippen LogP contribution is 2.22. The molecular weight excluding hydrogens is 220 g/mol. The van der Waals surface area contributed by atoms with Crippen LogP contribution < -0.4 is 0 Å². The van der Waals surface area contributed by atoms with Crippen LogP contribution in [0.4, 0.5) is 0 Å². The van der Waals surface area contributed by atoms with Crippen molar-refractivity contribution in [3.8, 4) is 0 Å². The highest BCUT2D eigenvalue weighted by molar-refractivity contribution is 5.81. The molecule has 1 heterocycles. The minimum atomic E-state index is -0.630. The molecule has 2 rings (SSSR count). The van der Waals surface area contributed by atoms with Crippen LogP contribution in [0, 0.1) is 0 Å². The maximum atomic E-state index is 11.9. The summed E-state index contributed by atoms with van der Waals surface area (Å²) in [6.45, 7) is 2.08. The summed E-state index contributed by atoms with van der Waals surface area (Å²) in [7, 11) is 0. The van der Waals surface area contributed by atoms with Crippen molar-refractivity contribution in [3.63, 3.8) is 0 Å². The van der Waals surface area contributed by atoms with Gasteiger partial charge in [0.2, 0.25) is 0 Å². The first-order chi connectivity index (χ1) is 8.33. The van der Waals surface area contributed by atoms with Crippen molar-refractivity contribution in [3.05, 3.63) is 41.7 Å². The quantitative estimate of drug-likeness (QED) is 0.792. The largest absolute Gasteiger partial charge is 0.465 e. The molecule has 0 radical (unpaired) electrons. The predicted molar refractivity (Wildman–Crippen MR) is 59.1 cm³/mol. The number of nitrogens with one attached hydrogen (secondary N) is 1. The number of H-pyrrole nitrogens is 1. The maximum absolute atomic E-state index is 11.9. The van der Waals surface area contributed by atoms with E-state index < -0.39 is 5.92 Å². The van der Waals surface area contributed by atoms with E-state index in [1.165, 1.54) is 0 Å². The number of hydrogen-bond acceptors (Lipinski definition) is 5. The summed E-state index contributed by atoms with van der Waals surface area (Å²) in [6, 6.07) is 9.24. The second-order valence-corrected chi connectivity index (χ2v) is 3.37. The van der Waals surface area contributed by atoms with Crippen LogP contribution in [0.3, 0.4) is 0 Å². The number of nitrogens with zero attached hydrogens (tertiary/aromatic N) is 3. The Morgan fingerprint density at radius 3 is 2.76 bits per heavy atom. The van der Waals surface area contributed by atoms with Gasteiger partial charge < -0.3 is 4.74 Å². The average Bonchev–Trinajstić information content (AvgIpc) is 2.85. The molecule has 6 nitrogen and oxygen atoms in total. The van der Waals surface area contributed by atoms with E-state index >= 15 is 0 Å². The normalized spacial score (nSPS) is 12.1. The van der Waals surface area contributed by atoms with Gasteiger partial charge in [0.25, 0.3) is 0 Å². The topological polar surface area (TPSA) is 80.8 Å². The number of tetrazole rings is 1. The molecule has 0 aliphatic carbocycles. The van der Waals surface area contributed by atoms with Gasteiger partial charge in [-0.1, -0.05) is 35.5 Å². The number of carbonyl (C=O) groups is 1. The van der Waals surface area contributed by atoms with E-state index in [1.54, 1.807) is 6.92 Å². The molecule has 0 aliphatic rings. The average molecular weight is 232 g/mol. The van der Waals surface area contributed by atoms with Crippen LogP contribution in [0.25, 0.3) is 0 Å². The third-order valence-corrected chi connectivity index (χ3v) is 2.28. The SMILES string of the molecule is CCOC(=O)C(c1ccccc1)c1nn[nH]n1. The van der Waals surface area contributed by atoms with Gasteiger partial charge in [-0.15, -0.1) is 10.2 Å². The Labute approximate surface area is 98.0 Å². The third kappa shape index (κ3) is 2.47. The molecule has 1 unspecified atom stereocenters. The zero-order valence-corrected chi connectivity index (χ0v) is 9.33. The number of aromatic nitrogens is 4. The summed E-state index contributed by atoms with van der Waals surface area (Å²) in [6.07, 6.45) is 0. The summed E-state index contributed by atoms with van der Waals surface area (Å²) in [5.41, 5.74) is 0.785. The Kier molecular flexibility index (Phi) is 3.44. The number of rotatable bonds is 4. The standard InChI is InChI=1S/C11H12N4O2/c1-2-17-11(16)9(10-12-14-15-13-10)8-6-4-3-5-7-8/h3-7,9H,2H2,1H3,(H,12,13,14,15). The summed E-state index contributed by atoms with van der Waals surface area (Å²) in [5.74, 6) is -0.690. The number of ether oxygens (including phenoxy) is 1. The zero-order chi connectivity index (χ0) is 12.1. The molecule has 1 aromatic carbocycles. The van der Waals surface area contributed by atoms with Gasteiger partial charge in [0.05, 0.1) is 6.61 Å². The fourth-order valence-corrected chi connectivity index (χ4v) is 1.55. The van der Waals surface area contributed by atoms with Crippen molar-refractivity contribution in [2.75, 3.05) is 6.61 Å². The Balaban J connectivity index is 2.35. The van der Waals surface area contributed by atoms with E-state index in [1.807, 2.05) is 30.3 Å². The Morgan fingerprint density at radius 2 is 2.18 bits per heavy atom. The molecule has 88 valence electrons. The second kappa shape index (κ2) is 5.20. The number of hydrogen-bond donors (Lipinski definition) is 1. The highest BCUT2D eigenvalue weighted by Gasteiger charge is 2.27. The van der Waals surface area contributed by atoms with Crippen molar-refractivity contribution >= 4 is 5.97 Å². The molecule has 0 bridgehead atoms. The lowest BCUT2D eigenvalue weighted by Gasteiger charge is -2.11. The van der Waals surface area contributed by atoms with Crippen LogP contribution in [0.2, 0.25) is 0 Å². The molecule has 2 aromatic rings. The molecule has 0 spiro atoms. The fraction of sp³-hybridized carbons (Fsp3) is 0.273. The number of aromatic amines is 1. The lowest BCUT2D eigenvalue weighted by molar-refractivity contribution is -0.144. The molecule has 0 aliphatic heterocycles. The van der Waals surface area contributed by atoms with Crippen LogP contribution in [-0.4, -0.2) is 33.2 Å². The fourth-order valence-electron chi connectivity index (χ4n) is 1.55. The van der Waals surface area contributed by atoms with Crippen molar-refractivity contribution < 1.29 is 9.53 Å². The van der Waals surface area contributed by atoms with Crippen LogP contribution >= 0.6 is 0 Å². The number of carbonyl (C=O) groups excluding carboxylic acids is 1. The molecule has 0 amide bonds. The van der Waals surface area contributed by atoms with Crippen molar-refractivity contribution in [2.45, 2.75) is 12.8 Å². The summed E-state index contributed by atoms with van der Waals surface area (Å²) in [5, 5.41) is 13.5. The molecule has 0 fully saturated rings. The van der Waals surface area contributed by atoms with Crippen molar-refractivity contribution in [2.24, 2.45) is 0 Å². The van der Waals surface area contributed by atoms with Gasteiger partial charge in [-0.25, -0.2) is 0 Å². The lowest BCUT2D eigenvalue weighted by Crippen LogP contribution is -2.18. The first-order valence-corrected chi connectivity index (χ1v) is 5.28. The van der Waals surface area contributed by atoms with Crippen molar-refractivity contribution in [1.29, 1.82) is 0 Å². The van der Waals surface area contributed by atoms with E-state index in [9.17, 15) is 4.79 Å². The Morgan fingerprint density at radius 1 is 1.41 bits per heavy atom. The summed E-state index contributed by atoms with van der Waals surface area (Å²) in [4.78, 5) is 11.9. The molecule has 17 heavy (non-hydrogen) atoms. The van der Waals surface area contributed by atoms with Gasteiger partial charge in [-0.3, -0.25) is 4.79 Å². The Bertz CT molecular complexity index is 469. The van der Waals surface area contributed by atoms with Gasteiger partial charge in [0.1, 0.15) is 5.92 Å². The van der Waals surface area contributed by atoms with Gasteiger partial charge in [0.15, 0.2) is 5.82 Å². The van der Waals surface area contributed by atoms with Gasteiger partial charge >= 0.3 is 5.97 Å². The lowest BCUT2D eigenvalue weighted by atomic mass is 9.99. The first-order valence-electron chi connectivity index (χ1n) is 5.28. The second-order valence-electron chi connectivity index (χ2n) is 3.37. The first kappa shape index (κ1) is 11.3. The molecule has 1 atom stereocenters. The van der Waals surface area contributed by atoms with E-state index in [0.717, 1.165) is 5.56 Å². The van der Waals surface area contributed by atoms with Gasteiger partial charge in [0, 0.05) is 0 Å². The van der Waals surface area contributed by atoms with Crippen LogP contribution in [0.15, 0.2) is 30.3 Å². The minimum absolute atomic E-state index is 0.314. The third-order valence-electron chi connectivity index (χ3n) is 2.28. The molecule has 1 aromatic heterocycles. The monoisotopic (exact) mass is 232 g/mol. The van der Waals surface area contributed by atoms with Crippen LogP contribution in [0.5, 0.6) is 0 Å². The predicted octanol–water partition coefficient (Wildman–Crippen LogP) is 0.895. The highest BCUT2D eigenvalue weighted by atomic mass is 16.5. The maximum Gasteiger partial charge on any atom is 0.321 e. The van der Waals surface area contributed by atoms with E-state index in [0.29, 0.717) is 12.4 Å². The van der Waals surface area contributed by atoms with Crippen LogP contribution in [-0.2, 0) is 9.53 Å². The van der Waals surface area contributed by atoms with E-state index in [2.05, 4.69) is 20.6 Å². The van der Waals surface area contributed by atoms with Gasteiger partial charge in [-0.05, 0) is 12.5 Å². The zero-order valence-electron chi connectivity index (χ0n) is 9.33. The van der Waals surface area contributed by atoms with Crippen molar-refractivity contribution in [1.82, 2.24) is 20.6 Å². The van der Waals surface area contributed by atoms with E-state index in [-0.39, 0.29) is 5.97 Å². The minimum Gasteiger partial charge on any atom is -0.465 e. The van der Waals surface area contributed by atoms with Crippen LogP contribution in [0.1, 0.15) is 24.2 Å². The summed E-state index contributed by atoms with van der Waals surface area (Å²) >= 11 is 0. The molecule has 0 saturated heterocycles. The number of benzene rings is 1. The molecule has 6 heteroatoms. The molecule has 0 saturated carbocycles.